The molecule has 2 fully saturated rings. The molecule has 2 rings (SSSR count). The van der Waals surface area contributed by atoms with Crippen molar-refractivity contribution in [2.24, 2.45) is 11.8 Å². The van der Waals surface area contributed by atoms with Gasteiger partial charge in [-0.1, -0.05) is 0 Å². The molecule has 1 saturated carbocycles. The van der Waals surface area contributed by atoms with Crippen LogP contribution in [0.25, 0.3) is 0 Å². The van der Waals surface area contributed by atoms with Gasteiger partial charge in [0.15, 0.2) is 0 Å². The number of hydrogen-bond donors (Lipinski definition) is 1. The molecule has 0 bridgehead atoms. The molecule has 3 nitrogen and oxygen atoms in total. The van der Waals surface area contributed by atoms with E-state index in [9.17, 15) is 4.79 Å². The first-order valence-corrected chi connectivity index (χ1v) is 4.63. The van der Waals surface area contributed by atoms with Crippen LogP contribution in [0.2, 0.25) is 0 Å². The summed E-state index contributed by atoms with van der Waals surface area (Å²) in [5, 5.41) is 8.96. The van der Waals surface area contributed by atoms with E-state index < -0.39 is 5.97 Å². The fourth-order valence-electron chi connectivity index (χ4n) is 2.01. The van der Waals surface area contributed by atoms with Crippen molar-refractivity contribution in [3.8, 4) is 0 Å². The molecule has 0 aromatic rings. The van der Waals surface area contributed by atoms with E-state index in [1.165, 1.54) is 0 Å². The zero-order valence-electron chi connectivity index (χ0n) is 7.03. The number of carboxylic acid groups (broad SMARTS) is 1. The molecule has 0 aromatic carbocycles. The largest absolute Gasteiger partial charge is 0.481 e. The summed E-state index contributed by atoms with van der Waals surface area (Å²) >= 11 is 0. The van der Waals surface area contributed by atoms with Gasteiger partial charge in [0.05, 0.1) is 12.0 Å². The highest BCUT2D eigenvalue weighted by atomic mass is 16.5. The molecule has 1 saturated heterocycles. The summed E-state index contributed by atoms with van der Waals surface area (Å²) in [5.74, 6) is -0.470. The van der Waals surface area contributed by atoms with E-state index in [4.69, 9.17) is 9.84 Å². The Morgan fingerprint density at radius 1 is 1.42 bits per heavy atom. The highest BCUT2D eigenvalue weighted by Crippen LogP contribution is 2.41. The summed E-state index contributed by atoms with van der Waals surface area (Å²) in [7, 11) is 0. The third-order valence-electron chi connectivity index (χ3n) is 2.78. The number of carbonyl (C=O) groups is 1. The first-order chi connectivity index (χ1) is 5.79. The number of rotatable bonds is 3. The molecule has 2 unspecified atom stereocenters. The first kappa shape index (κ1) is 8.05. The molecule has 1 aliphatic heterocycles. The van der Waals surface area contributed by atoms with E-state index >= 15 is 0 Å². The second-order valence-corrected chi connectivity index (χ2v) is 3.75. The van der Waals surface area contributed by atoms with Crippen LogP contribution in [0, 0.1) is 11.8 Å². The first-order valence-electron chi connectivity index (χ1n) is 4.63. The zero-order chi connectivity index (χ0) is 8.55. The van der Waals surface area contributed by atoms with E-state index in [-0.39, 0.29) is 12.0 Å². The van der Waals surface area contributed by atoms with Crippen LogP contribution in [0.5, 0.6) is 0 Å². The predicted molar refractivity (Wildman–Crippen MR) is 42.8 cm³/mol. The molecular formula is C9H14O3. The number of carboxylic acids is 1. The van der Waals surface area contributed by atoms with Gasteiger partial charge in [-0.05, 0) is 31.6 Å². The van der Waals surface area contributed by atoms with Gasteiger partial charge < -0.3 is 9.84 Å². The molecule has 12 heavy (non-hydrogen) atoms. The smallest absolute Gasteiger partial charge is 0.309 e. The van der Waals surface area contributed by atoms with Crippen molar-refractivity contribution in [3.05, 3.63) is 0 Å². The number of hydrogen-bond acceptors (Lipinski definition) is 2. The zero-order valence-corrected chi connectivity index (χ0v) is 7.03. The number of ether oxygens (including phenoxy) is 1. The lowest BCUT2D eigenvalue weighted by Crippen LogP contribution is -2.29. The summed E-state index contributed by atoms with van der Waals surface area (Å²) in [4.78, 5) is 10.9. The molecule has 3 heteroatoms. The van der Waals surface area contributed by atoms with E-state index in [0.29, 0.717) is 5.92 Å². The van der Waals surface area contributed by atoms with Crippen molar-refractivity contribution in [2.75, 3.05) is 6.61 Å². The van der Waals surface area contributed by atoms with Gasteiger partial charge >= 0.3 is 5.97 Å². The van der Waals surface area contributed by atoms with Crippen molar-refractivity contribution in [1.29, 1.82) is 0 Å². The van der Waals surface area contributed by atoms with Gasteiger partial charge in [0.25, 0.3) is 0 Å². The summed E-state index contributed by atoms with van der Waals surface area (Å²) in [6.45, 7) is 0.751. The topological polar surface area (TPSA) is 46.5 Å². The van der Waals surface area contributed by atoms with Crippen LogP contribution in [-0.2, 0) is 9.53 Å². The molecular weight excluding hydrogens is 156 g/mol. The van der Waals surface area contributed by atoms with Crippen molar-refractivity contribution >= 4 is 5.97 Å². The van der Waals surface area contributed by atoms with Gasteiger partial charge in [0.1, 0.15) is 0 Å². The normalized spacial score (nSPS) is 31.8. The third-order valence-corrected chi connectivity index (χ3v) is 2.78. The Morgan fingerprint density at radius 2 is 2.17 bits per heavy atom. The van der Waals surface area contributed by atoms with Crippen LogP contribution < -0.4 is 0 Å². The van der Waals surface area contributed by atoms with Crippen LogP contribution in [0.15, 0.2) is 0 Å². The van der Waals surface area contributed by atoms with Crippen molar-refractivity contribution in [2.45, 2.75) is 31.8 Å². The van der Waals surface area contributed by atoms with Crippen molar-refractivity contribution < 1.29 is 14.6 Å². The highest BCUT2D eigenvalue weighted by Gasteiger charge is 2.42. The average Bonchev–Trinajstić information content (AvgIpc) is 2.65. The highest BCUT2D eigenvalue weighted by molar-refractivity contribution is 5.71. The minimum absolute atomic E-state index is 0.00926. The Bertz CT molecular complexity index is 180. The summed E-state index contributed by atoms with van der Waals surface area (Å²) in [6, 6.07) is 0. The summed E-state index contributed by atoms with van der Waals surface area (Å²) in [6.07, 6.45) is 4.14. The third kappa shape index (κ3) is 1.46. The maximum absolute atomic E-state index is 10.9. The van der Waals surface area contributed by atoms with Gasteiger partial charge in [-0.2, -0.15) is 0 Å². The minimum atomic E-state index is -0.663. The van der Waals surface area contributed by atoms with Gasteiger partial charge in [-0.25, -0.2) is 0 Å². The SMILES string of the molecule is O=C(O)C(C1CC1)C1CCCO1. The van der Waals surface area contributed by atoms with Gasteiger partial charge in [-0.15, -0.1) is 0 Å². The van der Waals surface area contributed by atoms with Crippen molar-refractivity contribution in [1.82, 2.24) is 0 Å². The van der Waals surface area contributed by atoms with Crippen LogP contribution in [0.4, 0.5) is 0 Å². The molecule has 2 aliphatic rings. The Kier molecular flexibility index (Phi) is 2.05. The molecule has 2 atom stereocenters. The van der Waals surface area contributed by atoms with Crippen LogP contribution in [0.3, 0.4) is 0 Å². The lowest BCUT2D eigenvalue weighted by Gasteiger charge is -2.17. The molecule has 1 N–H and O–H groups in total. The van der Waals surface area contributed by atoms with Crippen molar-refractivity contribution in [3.63, 3.8) is 0 Å². The van der Waals surface area contributed by atoms with Crippen LogP contribution >= 0.6 is 0 Å². The molecule has 0 spiro atoms. The van der Waals surface area contributed by atoms with E-state index in [2.05, 4.69) is 0 Å². The molecule has 1 heterocycles. The predicted octanol–water partition coefficient (Wildman–Crippen LogP) is 1.28. The quantitative estimate of drug-likeness (QED) is 0.694. The Hall–Kier alpha value is -0.570. The van der Waals surface area contributed by atoms with E-state index in [0.717, 1.165) is 32.3 Å². The number of aliphatic carboxylic acids is 1. The minimum Gasteiger partial charge on any atom is -0.481 e. The Morgan fingerprint density at radius 3 is 2.58 bits per heavy atom. The fraction of sp³-hybridized carbons (Fsp3) is 0.889. The van der Waals surface area contributed by atoms with Gasteiger partial charge in [0, 0.05) is 6.61 Å². The second-order valence-electron chi connectivity index (χ2n) is 3.75. The fourth-order valence-corrected chi connectivity index (χ4v) is 2.01. The second kappa shape index (κ2) is 3.05. The van der Waals surface area contributed by atoms with E-state index in [1.807, 2.05) is 0 Å². The van der Waals surface area contributed by atoms with Crippen LogP contribution in [0.1, 0.15) is 25.7 Å². The summed E-state index contributed by atoms with van der Waals surface area (Å²) in [5.41, 5.74) is 0. The lowest BCUT2D eigenvalue weighted by molar-refractivity contribution is -0.147. The Labute approximate surface area is 71.7 Å². The molecule has 0 aromatic heterocycles. The molecule has 0 radical (unpaired) electrons. The maximum atomic E-state index is 10.9. The maximum Gasteiger partial charge on any atom is 0.309 e. The van der Waals surface area contributed by atoms with Crippen LogP contribution in [-0.4, -0.2) is 23.8 Å². The summed E-state index contributed by atoms with van der Waals surface area (Å²) < 4.78 is 5.40. The Balaban J connectivity index is 1.99. The molecule has 0 amide bonds. The molecule has 1 aliphatic carbocycles. The lowest BCUT2D eigenvalue weighted by atomic mass is 9.95. The van der Waals surface area contributed by atoms with Gasteiger partial charge in [0.2, 0.25) is 0 Å². The molecule has 68 valence electrons. The average molecular weight is 170 g/mol. The monoisotopic (exact) mass is 170 g/mol. The standard InChI is InChI=1S/C9H14O3/c10-9(11)8(6-3-4-6)7-2-1-5-12-7/h6-8H,1-5H2,(H,10,11). The van der Waals surface area contributed by atoms with E-state index in [1.54, 1.807) is 0 Å². The van der Waals surface area contributed by atoms with Gasteiger partial charge in [-0.3, -0.25) is 4.79 Å².